The lowest BCUT2D eigenvalue weighted by Crippen LogP contribution is -1.92. The quantitative estimate of drug-likeness (QED) is 0.688. The van der Waals surface area contributed by atoms with Gasteiger partial charge in [0, 0.05) is 4.47 Å². The van der Waals surface area contributed by atoms with Gasteiger partial charge in [-0.15, -0.1) is 0 Å². The number of rotatable bonds is 6. The molecule has 0 aromatic heterocycles. The molecule has 0 bridgehead atoms. The van der Waals surface area contributed by atoms with E-state index in [4.69, 9.17) is 4.74 Å². The van der Waals surface area contributed by atoms with Gasteiger partial charge < -0.3 is 4.74 Å². The van der Waals surface area contributed by atoms with Gasteiger partial charge in [0.25, 0.3) is 0 Å². The Balaban J connectivity index is 2.54. The van der Waals surface area contributed by atoms with Crippen LogP contribution in [0.3, 0.4) is 0 Å². The van der Waals surface area contributed by atoms with Crippen LogP contribution in [-0.4, -0.2) is 7.11 Å². The Morgan fingerprint density at radius 1 is 1.20 bits per heavy atom. The molecule has 0 aliphatic heterocycles. The van der Waals surface area contributed by atoms with E-state index in [1.807, 2.05) is 12.1 Å². The highest BCUT2D eigenvalue weighted by Crippen LogP contribution is 2.24. The number of unbranched alkanes of at least 4 members (excludes halogenated alkanes) is 3. The third-order valence-corrected chi connectivity index (χ3v) is 3.04. The van der Waals surface area contributed by atoms with E-state index >= 15 is 0 Å². The van der Waals surface area contributed by atoms with E-state index in [1.54, 1.807) is 7.11 Å². The Bertz CT molecular complexity index is 297. The first kappa shape index (κ1) is 12.6. The van der Waals surface area contributed by atoms with Crippen LogP contribution in [0.25, 0.3) is 0 Å². The van der Waals surface area contributed by atoms with Crippen molar-refractivity contribution in [3.8, 4) is 5.75 Å². The fourth-order valence-corrected chi connectivity index (χ4v) is 2.09. The number of ether oxygens (including phenoxy) is 1. The molecule has 0 fully saturated rings. The maximum Gasteiger partial charge on any atom is 0.122 e. The third-order valence-electron chi connectivity index (χ3n) is 2.54. The molecule has 0 amide bonds. The van der Waals surface area contributed by atoms with Gasteiger partial charge in [0.2, 0.25) is 0 Å². The average molecular weight is 271 g/mol. The lowest BCUT2D eigenvalue weighted by atomic mass is 10.1. The average Bonchev–Trinajstić information content (AvgIpc) is 2.25. The zero-order chi connectivity index (χ0) is 11.1. The first-order valence-electron chi connectivity index (χ1n) is 5.60. The summed E-state index contributed by atoms with van der Waals surface area (Å²) in [6, 6.07) is 6.21. The molecule has 2 heteroatoms. The second kappa shape index (κ2) is 6.89. The van der Waals surface area contributed by atoms with Crippen LogP contribution in [0.1, 0.15) is 38.2 Å². The van der Waals surface area contributed by atoms with Crippen LogP contribution in [0.2, 0.25) is 0 Å². The van der Waals surface area contributed by atoms with Crippen molar-refractivity contribution in [2.24, 2.45) is 0 Å². The highest BCUT2D eigenvalue weighted by atomic mass is 79.9. The fraction of sp³-hybridized carbons (Fsp3) is 0.538. The van der Waals surface area contributed by atoms with Gasteiger partial charge >= 0.3 is 0 Å². The zero-order valence-corrected chi connectivity index (χ0v) is 11.1. The maximum atomic E-state index is 5.34. The number of methoxy groups -OCH3 is 1. The lowest BCUT2D eigenvalue weighted by molar-refractivity contribution is 0.408. The number of benzene rings is 1. The molecule has 0 radical (unpaired) electrons. The van der Waals surface area contributed by atoms with Crippen LogP contribution in [-0.2, 0) is 6.42 Å². The summed E-state index contributed by atoms with van der Waals surface area (Å²) >= 11 is 3.49. The molecule has 0 saturated heterocycles. The van der Waals surface area contributed by atoms with E-state index < -0.39 is 0 Å². The van der Waals surface area contributed by atoms with Gasteiger partial charge in [-0.05, 0) is 36.6 Å². The minimum Gasteiger partial charge on any atom is -0.496 e. The summed E-state index contributed by atoms with van der Waals surface area (Å²) in [5.41, 5.74) is 1.31. The molecule has 0 spiro atoms. The van der Waals surface area contributed by atoms with Crippen molar-refractivity contribution in [3.05, 3.63) is 28.2 Å². The first-order valence-corrected chi connectivity index (χ1v) is 6.39. The van der Waals surface area contributed by atoms with Crippen molar-refractivity contribution in [2.75, 3.05) is 7.11 Å². The molecule has 84 valence electrons. The molecule has 0 atom stereocenters. The van der Waals surface area contributed by atoms with E-state index in [1.165, 1.54) is 31.2 Å². The predicted molar refractivity (Wildman–Crippen MR) is 68.5 cm³/mol. The summed E-state index contributed by atoms with van der Waals surface area (Å²) in [7, 11) is 1.73. The van der Waals surface area contributed by atoms with Gasteiger partial charge in [0.05, 0.1) is 7.11 Å². The maximum absolute atomic E-state index is 5.34. The molecule has 1 aromatic carbocycles. The molecule has 1 nitrogen and oxygen atoms in total. The summed E-state index contributed by atoms with van der Waals surface area (Å²) in [5, 5.41) is 0. The Morgan fingerprint density at radius 2 is 2.00 bits per heavy atom. The van der Waals surface area contributed by atoms with Crippen molar-refractivity contribution >= 4 is 15.9 Å². The van der Waals surface area contributed by atoms with Crippen molar-refractivity contribution in [2.45, 2.75) is 39.0 Å². The molecule has 0 heterocycles. The molecular formula is C13H19BrO. The van der Waals surface area contributed by atoms with Crippen LogP contribution in [0, 0.1) is 0 Å². The molecule has 15 heavy (non-hydrogen) atoms. The molecule has 0 N–H and O–H groups in total. The Hall–Kier alpha value is -0.500. The van der Waals surface area contributed by atoms with Crippen LogP contribution in [0.15, 0.2) is 22.7 Å². The number of aryl methyl sites for hydroxylation is 1. The first-order chi connectivity index (χ1) is 7.27. The second-order valence-electron chi connectivity index (χ2n) is 3.77. The van der Waals surface area contributed by atoms with Crippen LogP contribution >= 0.6 is 15.9 Å². The van der Waals surface area contributed by atoms with Gasteiger partial charge in [-0.1, -0.05) is 42.1 Å². The summed E-state index contributed by atoms with van der Waals surface area (Å²) in [5.74, 6) is 1.01. The lowest BCUT2D eigenvalue weighted by Gasteiger charge is -2.08. The minimum atomic E-state index is 1.01. The normalized spacial score (nSPS) is 10.3. The Morgan fingerprint density at radius 3 is 2.67 bits per heavy atom. The van der Waals surface area contributed by atoms with Crippen molar-refractivity contribution < 1.29 is 4.74 Å². The van der Waals surface area contributed by atoms with Gasteiger partial charge in [-0.25, -0.2) is 0 Å². The Kier molecular flexibility index (Phi) is 5.77. The van der Waals surface area contributed by atoms with Gasteiger partial charge in [-0.2, -0.15) is 0 Å². The molecule has 0 saturated carbocycles. The molecule has 1 aromatic rings. The van der Waals surface area contributed by atoms with Crippen LogP contribution in [0.4, 0.5) is 0 Å². The SMILES string of the molecule is CCCCCCc1cc(Br)ccc1OC. The van der Waals surface area contributed by atoms with E-state index in [-0.39, 0.29) is 0 Å². The standard InChI is InChI=1S/C13H19BrO/c1-3-4-5-6-7-11-10-12(14)8-9-13(11)15-2/h8-10H,3-7H2,1-2H3. The molecule has 0 unspecified atom stereocenters. The summed E-state index contributed by atoms with van der Waals surface area (Å²) < 4.78 is 6.47. The van der Waals surface area contributed by atoms with Crippen molar-refractivity contribution in [1.29, 1.82) is 0 Å². The highest BCUT2D eigenvalue weighted by Gasteiger charge is 2.02. The fourth-order valence-electron chi connectivity index (χ4n) is 1.68. The third kappa shape index (κ3) is 4.25. The minimum absolute atomic E-state index is 1.01. The van der Waals surface area contributed by atoms with Gasteiger partial charge in [0.1, 0.15) is 5.75 Å². The predicted octanol–water partition coefficient (Wildman–Crippen LogP) is 4.58. The van der Waals surface area contributed by atoms with E-state index in [0.717, 1.165) is 16.6 Å². The number of hydrogen-bond acceptors (Lipinski definition) is 1. The summed E-state index contributed by atoms with van der Waals surface area (Å²) in [6.07, 6.45) is 6.29. The smallest absolute Gasteiger partial charge is 0.122 e. The monoisotopic (exact) mass is 270 g/mol. The largest absolute Gasteiger partial charge is 0.496 e. The van der Waals surface area contributed by atoms with Gasteiger partial charge in [0.15, 0.2) is 0 Å². The molecule has 0 aliphatic rings. The van der Waals surface area contributed by atoms with Gasteiger partial charge in [-0.3, -0.25) is 0 Å². The highest BCUT2D eigenvalue weighted by molar-refractivity contribution is 9.10. The van der Waals surface area contributed by atoms with E-state index in [2.05, 4.69) is 28.9 Å². The van der Waals surface area contributed by atoms with E-state index in [0.29, 0.717) is 0 Å². The molecule has 0 aliphatic carbocycles. The summed E-state index contributed by atoms with van der Waals surface area (Å²) in [6.45, 7) is 2.24. The van der Waals surface area contributed by atoms with Crippen molar-refractivity contribution in [1.82, 2.24) is 0 Å². The Labute approximate surface area is 101 Å². The van der Waals surface area contributed by atoms with Crippen LogP contribution < -0.4 is 4.74 Å². The topological polar surface area (TPSA) is 9.23 Å². The van der Waals surface area contributed by atoms with Crippen LogP contribution in [0.5, 0.6) is 5.75 Å². The van der Waals surface area contributed by atoms with E-state index in [9.17, 15) is 0 Å². The molecule has 1 rings (SSSR count). The van der Waals surface area contributed by atoms with Crippen molar-refractivity contribution in [3.63, 3.8) is 0 Å². The zero-order valence-electron chi connectivity index (χ0n) is 9.55. The number of halogens is 1. The molecular weight excluding hydrogens is 252 g/mol. The number of hydrogen-bond donors (Lipinski definition) is 0. The second-order valence-corrected chi connectivity index (χ2v) is 4.68. The summed E-state index contributed by atoms with van der Waals surface area (Å²) in [4.78, 5) is 0.